The fourth-order valence-corrected chi connectivity index (χ4v) is 3.39. The maximum atomic E-state index is 6.10. The summed E-state index contributed by atoms with van der Waals surface area (Å²) >= 11 is 0. The molecule has 2 aliphatic heterocycles. The highest BCUT2D eigenvalue weighted by atomic mass is 16.5. The minimum Gasteiger partial charge on any atom is -0.381 e. The van der Waals surface area contributed by atoms with Crippen LogP contribution in [0.3, 0.4) is 0 Å². The molecule has 0 aromatic carbocycles. The van der Waals surface area contributed by atoms with Gasteiger partial charge < -0.3 is 14.8 Å². The Morgan fingerprint density at radius 2 is 1.84 bits per heavy atom. The van der Waals surface area contributed by atoms with Gasteiger partial charge in [-0.25, -0.2) is 0 Å². The number of ether oxygens (including phenoxy) is 2. The first-order valence-electron chi connectivity index (χ1n) is 7.57. The zero-order chi connectivity index (χ0) is 13.9. The Bertz CT molecular complexity index is 270. The summed E-state index contributed by atoms with van der Waals surface area (Å²) in [5.74, 6) is 0.720. The van der Waals surface area contributed by atoms with Gasteiger partial charge in [0.2, 0.25) is 0 Å². The second-order valence-corrected chi connectivity index (χ2v) is 7.27. The fourth-order valence-electron chi connectivity index (χ4n) is 3.39. The summed E-state index contributed by atoms with van der Waals surface area (Å²) in [5, 5.41) is 3.57. The van der Waals surface area contributed by atoms with E-state index in [4.69, 9.17) is 9.47 Å². The average Bonchev–Trinajstić information content (AvgIpc) is 2.72. The average molecular weight is 270 g/mol. The Kier molecular flexibility index (Phi) is 4.88. The van der Waals surface area contributed by atoms with Crippen molar-refractivity contribution >= 4 is 0 Å². The fraction of sp³-hybridized carbons (Fsp3) is 1.00. The quantitative estimate of drug-likeness (QED) is 0.768. The monoisotopic (exact) mass is 270 g/mol. The van der Waals surface area contributed by atoms with Gasteiger partial charge in [0.05, 0.1) is 17.8 Å². The smallest absolute Gasteiger partial charge is 0.0760 e. The standard InChI is InChI=1S/C15H30N2O2/c1-14(2)11-17(12-15(3,4)19-14)7-6-16-9-13-5-8-18-10-13/h13,16H,5-12H2,1-4H3. The molecule has 0 spiro atoms. The van der Waals surface area contributed by atoms with Gasteiger partial charge in [-0.15, -0.1) is 0 Å². The van der Waals surface area contributed by atoms with E-state index in [1.165, 1.54) is 6.42 Å². The second kappa shape index (κ2) is 6.08. The van der Waals surface area contributed by atoms with Crippen LogP contribution in [0.15, 0.2) is 0 Å². The zero-order valence-corrected chi connectivity index (χ0v) is 13.0. The minimum atomic E-state index is -0.0406. The Hall–Kier alpha value is -0.160. The number of nitrogens with zero attached hydrogens (tertiary/aromatic N) is 1. The van der Waals surface area contributed by atoms with Crippen molar-refractivity contribution in [3.05, 3.63) is 0 Å². The summed E-state index contributed by atoms with van der Waals surface area (Å²) in [4.78, 5) is 2.52. The van der Waals surface area contributed by atoms with Crippen LogP contribution in [0.2, 0.25) is 0 Å². The zero-order valence-electron chi connectivity index (χ0n) is 13.0. The van der Waals surface area contributed by atoms with Crippen LogP contribution in [-0.2, 0) is 9.47 Å². The van der Waals surface area contributed by atoms with Crippen LogP contribution in [0.25, 0.3) is 0 Å². The van der Waals surface area contributed by atoms with Crippen LogP contribution < -0.4 is 5.32 Å². The summed E-state index contributed by atoms with van der Waals surface area (Å²) < 4.78 is 11.5. The van der Waals surface area contributed by atoms with E-state index in [0.29, 0.717) is 0 Å². The number of nitrogens with one attached hydrogen (secondary N) is 1. The molecule has 2 fully saturated rings. The largest absolute Gasteiger partial charge is 0.381 e. The first-order chi connectivity index (χ1) is 8.86. The maximum Gasteiger partial charge on any atom is 0.0760 e. The van der Waals surface area contributed by atoms with Crippen LogP contribution in [0.4, 0.5) is 0 Å². The van der Waals surface area contributed by atoms with Gasteiger partial charge in [-0.1, -0.05) is 0 Å². The lowest BCUT2D eigenvalue weighted by Crippen LogP contribution is -2.58. The summed E-state index contributed by atoms with van der Waals surface area (Å²) in [6.45, 7) is 15.9. The van der Waals surface area contributed by atoms with E-state index in [-0.39, 0.29) is 11.2 Å². The molecule has 0 amide bonds. The van der Waals surface area contributed by atoms with Gasteiger partial charge in [-0.05, 0) is 40.0 Å². The number of hydrogen-bond donors (Lipinski definition) is 1. The van der Waals surface area contributed by atoms with Crippen LogP contribution in [0.1, 0.15) is 34.1 Å². The van der Waals surface area contributed by atoms with Gasteiger partial charge in [0.15, 0.2) is 0 Å². The number of hydrogen-bond acceptors (Lipinski definition) is 4. The Morgan fingerprint density at radius 3 is 2.42 bits per heavy atom. The molecule has 0 radical (unpaired) electrons. The van der Waals surface area contributed by atoms with E-state index >= 15 is 0 Å². The molecule has 2 saturated heterocycles. The van der Waals surface area contributed by atoms with E-state index in [1.54, 1.807) is 0 Å². The first kappa shape index (κ1) is 15.2. The van der Waals surface area contributed by atoms with Crippen molar-refractivity contribution in [3.8, 4) is 0 Å². The molecule has 1 atom stereocenters. The topological polar surface area (TPSA) is 33.7 Å². The molecule has 19 heavy (non-hydrogen) atoms. The van der Waals surface area contributed by atoms with Crippen molar-refractivity contribution in [1.29, 1.82) is 0 Å². The van der Waals surface area contributed by atoms with Gasteiger partial charge in [-0.3, -0.25) is 4.90 Å². The number of rotatable bonds is 5. The molecule has 2 rings (SSSR count). The molecule has 0 aliphatic carbocycles. The molecule has 0 aromatic rings. The molecule has 1 unspecified atom stereocenters. The molecule has 0 bridgehead atoms. The lowest BCUT2D eigenvalue weighted by Gasteiger charge is -2.47. The van der Waals surface area contributed by atoms with Crippen LogP contribution in [0, 0.1) is 5.92 Å². The van der Waals surface area contributed by atoms with Gasteiger partial charge in [0.25, 0.3) is 0 Å². The normalized spacial score (nSPS) is 30.6. The summed E-state index contributed by atoms with van der Waals surface area (Å²) in [5.41, 5.74) is -0.0813. The molecule has 2 aliphatic rings. The number of morpholine rings is 1. The molecule has 0 saturated carbocycles. The molecular formula is C15H30N2O2. The maximum absolute atomic E-state index is 6.10. The van der Waals surface area contributed by atoms with E-state index in [1.807, 2.05) is 0 Å². The predicted molar refractivity (Wildman–Crippen MR) is 77.5 cm³/mol. The highest BCUT2D eigenvalue weighted by molar-refractivity contribution is 4.89. The predicted octanol–water partition coefficient (Wildman–Crippen LogP) is 1.50. The third kappa shape index (κ3) is 5.03. The highest BCUT2D eigenvalue weighted by Crippen LogP contribution is 2.27. The third-order valence-corrected chi connectivity index (χ3v) is 3.82. The molecule has 4 heteroatoms. The molecular weight excluding hydrogens is 240 g/mol. The van der Waals surface area contributed by atoms with E-state index in [0.717, 1.165) is 51.9 Å². The van der Waals surface area contributed by atoms with Crippen molar-refractivity contribution in [2.45, 2.75) is 45.3 Å². The van der Waals surface area contributed by atoms with E-state index in [2.05, 4.69) is 37.9 Å². The van der Waals surface area contributed by atoms with Crippen molar-refractivity contribution in [2.24, 2.45) is 5.92 Å². The summed E-state index contributed by atoms with van der Waals surface area (Å²) in [7, 11) is 0. The SMILES string of the molecule is CC1(C)CN(CCNCC2CCOC2)CC(C)(C)O1. The first-order valence-corrected chi connectivity index (χ1v) is 7.57. The van der Waals surface area contributed by atoms with Gasteiger partial charge in [-0.2, -0.15) is 0 Å². The summed E-state index contributed by atoms with van der Waals surface area (Å²) in [6, 6.07) is 0. The van der Waals surface area contributed by atoms with Gasteiger partial charge in [0.1, 0.15) is 0 Å². The Morgan fingerprint density at radius 1 is 1.16 bits per heavy atom. The summed E-state index contributed by atoms with van der Waals surface area (Å²) in [6.07, 6.45) is 1.21. The van der Waals surface area contributed by atoms with Crippen molar-refractivity contribution < 1.29 is 9.47 Å². The molecule has 0 aromatic heterocycles. The Labute approximate surface area is 117 Å². The molecule has 112 valence electrons. The van der Waals surface area contributed by atoms with Crippen LogP contribution in [0.5, 0.6) is 0 Å². The van der Waals surface area contributed by atoms with Crippen molar-refractivity contribution in [3.63, 3.8) is 0 Å². The van der Waals surface area contributed by atoms with E-state index in [9.17, 15) is 0 Å². The third-order valence-electron chi connectivity index (χ3n) is 3.82. The second-order valence-electron chi connectivity index (χ2n) is 7.27. The van der Waals surface area contributed by atoms with Crippen molar-refractivity contribution in [2.75, 3.05) is 45.9 Å². The molecule has 2 heterocycles. The lowest BCUT2D eigenvalue weighted by atomic mass is 9.99. The van der Waals surface area contributed by atoms with E-state index < -0.39 is 0 Å². The highest BCUT2D eigenvalue weighted by Gasteiger charge is 2.37. The lowest BCUT2D eigenvalue weighted by molar-refractivity contribution is -0.180. The van der Waals surface area contributed by atoms with Crippen LogP contribution in [-0.4, -0.2) is 62.0 Å². The minimum absolute atomic E-state index is 0.0406. The van der Waals surface area contributed by atoms with Crippen molar-refractivity contribution in [1.82, 2.24) is 10.2 Å². The molecule has 1 N–H and O–H groups in total. The van der Waals surface area contributed by atoms with Gasteiger partial charge in [0, 0.05) is 39.3 Å². The van der Waals surface area contributed by atoms with Gasteiger partial charge >= 0.3 is 0 Å². The van der Waals surface area contributed by atoms with Crippen LogP contribution >= 0.6 is 0 Å². The Balaban J connectivity index is 1.67. The molecule has 4 nitrogen and oxygen atoms in total.